The summed E-state index contributed by atoms with van der Waals surface area (Å²) in [6.07, 6.45) is 22.1. The van der Waals surface area contributed by atoms with Gasteiger partial charge in [0, 0.05) is 0 Å². The average Bonchev–Trinajstić information content (AvgIpc) is 2.67. The van der Waals surface area contributed by atoms with E-state index in [1.54, 1.807) is 6.92 Å². The number of hydrogen-bond donors (Lipinski definition) is 2. The van der Waals surface area contributed by atoms with Gasteiger partial charge in [-0.05, 0) is 45.4 Å². The summed E-state index contributed by atoms with van der Waals surface area (Å²) in [5.41, 5.74) is -1.51. The maximum atomic E-state index is 11.6. The van der Waals surface area contributed by atoms with Crippen LogP contribution in [0.5, 0.6) is 0 Å². The number of carbonyl (C=O) groups is 2. The highest BCUT2D eigenvalue weighted by Gasteiger charge is 2.33. The molecule has 174 valence electrons. The van der Waals surface area contributed by atoms with Crippen LogP contribution in [-0.4, -0.2) is 34.4 Å². The Morgan fingerprint density at radius 2 is 1.37 bits per heavy atom. The second kappa shape index (κ2) is 19.3. The van der Waals surface area contributed by atoms with Crippen LogP contribution in [0.25, 0.3) is 0 Å². The average molecular weight is 425 g/mol. The van der Waals surface area contributed by atoms with E-state index in [4.69, 9.17) is 9.84 Å². The lowest BCUT2D eigenvalue weighted by Crippen LogP contribution is -2.35. The van der Waals surface area contributed by atoms with Crippen LogP contribution in [0.3, 0.4) is 0 Å². The number of esters is 1. The largest absolute Gasteiger partial charge is 0.481 e. The summed E-state index contributed by atoms with van der Waals surface area (Å²) in [4.78, 5) is 22.6. The van der Waals surface area contributed by atoms with Crippen molar-refractivity contribution < 1.29 is 24.5 Å². The van der Waals surface area contributed by atoms with Crippen molar-refractivity contribution in [1.29, 1.82) is 0 Å². The van der Waals surface area contributed by atoms with Crippen molar-refractivity contribution in [3.63, 3.8) is 0 Å². The zero-order valence-corrected chi connectivity index (χ0v) is 19.2. The molecule has 30 heavy (non-hydrogen) atoms. The number of allylic oxidation sites excluding steroid dienone is 4. The van der Waals surface area contributed by atoms with Crippen LogP contribution in [0.1, 0.15) is 110 Å². The molecule has 0 aliphatic heterocycles. The predicted octanol–water partition coefficient (Wildman–Crippen LogP) is 6.35. The molecule has 0 fully saturated rings. The Morgan fingerprint density at radius 3 is 1.93 bits per heavy atom. The van der Waals surface area contributed by atoms with Gasteiger partial charge in [-0.3, -0.25) is 9.59 Å². The fourth-order valence-corrected chi connectivity index (χ4v) is 3.44. The maximum absolute atomic E-state index is 11.6. The summed E-state index contributed by atoms with van der Waals surface area (Å²) < 4.78 is 4.85. The Balaban J connectivity index is 3.77. The molecule has 0 aromatic carbocycles. The molecule has 1 unspecified atom stereocenters. The molecule has 0 heterocycles. The monoisotopic (exact) mass is 424 g/mol. The van der Waals surface area contributed by atoms with Crippen LogP contribution < -0.4 is 0 Å². The standard InChI is InChI=1S/C25H44O5/c1-3-5-6-7-8-9-10-11-12-13-14-15-16-17-18-19-20-25(29,21-23(26)27)22-24(28)30-4-2/h8-9,11-12,29H,3-7,10,13-22H2,1-2H3,(H,26,27). The van der Waals surface area contributed by atoms with Gasteiger partial charge in [0.2, 0.25) is 0 Å². The quantitative estimate of drug-likeness (QED) is 0.135. The molecule has 2 N–H and O–H groups in total. The molecule has 0 aromatic heterocycles. The van der Waals surface area contributed by atoms with Crippen molar-refractivity contribution in [2.24, 2.45) is 0 Å². The van der Waals surface area contributed by atoms with E-state index in [1.165, 1.54) is 38.5 Å². The van der Waals surface area contributed by atoms with E-state index in [2.05, 4.69) is 31.2 Å². The minimum absolute atomic E-state index is 0.229. The summed E-state index contributed by atoms with van der Waals surface area (Å²) in [5, 5.41) is 19.5. The molecule has 5 heteroatoms. The van der Waals surface area contributed by atoms with Crippen molar-refractivity contribution in [2.45, 2.75) is 116 Å². The first kappa shape index (κ1) is 28.4. The first-order chi connectivity index (χ1) is 14.4. The third-order valence-corrected chi connectivity index (χ3v) is 5.10. The topological polar surface area (TPSA) is 83.8 Å². The van der Waals surface area contributed by atoms with Gasteiger partial charge in [-0.15, -0.1) is 0 Å². The molecule has 0 radical (unpaired) electrons. The second-order valence-electron chi connectivity index (χ2n) is 8.11. The van der Waals surface area contributed by atoms with Gasteiger partial charge in [-0.1, -0.05) is 76.2 Å². The number of aliphatic carboxylic acids is 1. The third-order valence-electron chi connectivity index (χ3n) is 5.10. The highest BCUT2D eigenvalue weighted by atomic mass is 16.5. The Bertz CT molecular complexity index is 498. The van der Waals surface area contributed by atoms with Crippen LogP contribution in [0.4, 0.5) is 0 Å². The maximum Gasteiger partial charge on any atom is 0.308 e. The molecular weight excluding hydrogens is 380 g/mol. The summed E-state index contributed by atoms with van der Waals surface area (Å²) in [7, 11) is 0. The molecule has 0 saturated heterocycles. The molecule has 0 rings (SSSR count). The van der Waals surface area contributed by atoms with Crippen molar-refractivity contribution in [1.82, 2.24) is 0 Å². The van der Waals surface area contributed by atoms with Gasteiger partial charge in [0.05, 0.1) is 25.0 Å². The Labute approximate surface area is 183 Å². The van der Waals surface area contributed by atoms with Gasteiger partial charge in [0.15, 0.2) is 0 Å². The van der Waals surface area contributed by atoms with E-state index in [9.17, 15) is 14.7 Å². The van der Waals surface area contributed by atoms with E-state index in [-0.39, 0.29) is 13.0 Å². The molecule has 5 nitrogen and oxygen atoms in total. The van der Waals surface area contributed by atoms with E-state index in [1.807, 2.05) is 0 Å². The molecule has 0 saturated carbocycles. The van der Waals surface area contributed by atoms with Gasteiger partial charge in [-0.2, -0.15) is 0 Å². The molecule has 0 spiro atoms. The van der Waals surface area contributed by atoms with E-state index in [0.29, 0.717) is 12.8 Å². The normalized spacial score (nSPS) is 13.7. The number of carbonyl (C=O) groups excluding carboxylic acids is 1. The van der Waals surface area contributed by atoms with Crippen LogP contribution in [0, 0.1) is 0 Å². The number of unbranched alkanes of at least 4 members (excludes halogenated alkanes) is 9. The summed E-state index contributed by atoms with van der Waals surface area (Å²) in [6.45, 7) is 4.15. The number of aliphatic hydroxyl groups is 1. The summed E-state index contributed by atoms with van der Waals surface area (Å²) in [5.74, 6) is -1.64. The van der Waals surface area contributed by atoms with Crippen molar-refractivity contribution >= 4 is 11.9 Å². The Morgan fingerprint density at radius 1 is 0.800 bits per heavy atom. The predicted molar refractivity (Wildman–Crippen MR) is 122 cm³/mol. The van der Waals surface area contributed by atoms with Crippen LogP contribution >= 0.6 is 0 Å². The van der Waals surface area contributed by atoms with Gasteiger partial charge in [-0.25, -0.2) is 0 Å². The lowest BCUT2D eigenvalue weighted by Gasteiger charge is -2.25. The fraction of sp³-hybridized carbons (Fsp3) is 0.760. The minimum Gasteiger partial charge on any atom is -0.481 e. The molecule has 0 bridgehead atoms. The highest BCUT2D eigenvalue weighted by molar-refractivity contribution is 5.73. The molecule has 0 amide bonds. The molecule has 0 aromatic rings. The summed E-state index contributed by atoms with van der Waals surface area (Å²) >= 11 is 0. The number of carboxylic acid groups (broad SMARTS) is 1. The lowest BCUT2D eigenvalue weighted by atomic mass is 9.89. The first-order valence-electron chi connectivity index (χ1n) is 11.8. The van der Waals surface area contributed by atoms with Gasteiger partial charge in [0.25, 0.3) is 0 Å². The first-order valence-corrected chi connectivity index (χ1v) is 11.8. The highest BCUT2D eigenvalue weighted by Crippen LogP contribution is 2.24. The van der Waals surface area contributed by atoms with Gasteiger partial charge < -0.3 is 14.9 Å². The number of ether oxygens (including phenoxy) is 1. The Kier molecular flexibility index (Phi) is 18.3. The Hall–Kier alpha value is -1.62. The zero-order chi connectivity index (χ0) is 22.5. The molecular formula is C25H44O5. The third kappa shape index (κ3) is 18.4. The number of carboxylic acids is 1. The van der Waals surface area contributed by atoms with Gasteiger partial charge >= 0.3 is 11.9 Å². The van der Waals surface area contributed by atoms with Crippen LogP contribution in [0.2, 0.25) is 0 Å². The SMILES string of the molecule is CCCCCC=CCC=CCCCCCCCCC(O)(CC(=O)O)CC(=O)OCC. The number of hydrogen-bond acceptors (Lipinski definition) is 4. The summed E-state index contributed by atoms with van der Waals surface area (Å²) in [6, 6.07) is 0. The van der Waals surface area contributed by atoms with E-state index >= 15 is 0 Å². The molecule has 1 atom stereocenters. The van der Waals surface area contributed by atoms with Crippen molar-refractivity contribution in [3.8, 4) is 0 Å². The van der Waals surface area contributed by atoms with Crippen molar-refractivity contribution in [2.75, 3.05) is 6.61 Å². The molecule has 0 aliphatic rings. The van der Waals surface area contributed by atoms with Gasteiger partial charge in [0.1, 0.15) is 0 Å². The zero-order valence-electron chi connectivity index (χ0n) is 19.2. The van der Waals surface area contributed by atoms with E-state index < -0.39 is 24.0 Å². The van der Waals surface area contributed by atoms with Crippen LogP contribution in [-0.2, 0) is 14.3 Å². The lowest BCUT2D eigenvalue weighted by molar-refractivity contribution is -0.153. The fourth-order valence-electron chi connectivity index (χ4n) is 3.44. The second-order valence-corrected chi connectivity index (χ2v) is 8.11. The van der Waals surface area contributed by atoms with E-state index in [0.717, 1.165) is 32.1 Å². The van der Waals surface area contributed by atoms with Crippen LogP contribution in [0.15, 0.2) is 24.3 Å². The van der Waals surface area contributed by atoms with Crippen molar-refractivity contribution in [3.05, 3.63) is 24.3 Å². The minimum atomic E-state index is -1.51. The number of rotatable bonds is 20. The molecule has 0 aliphatic carbocycles. The smallest absolute Gasteiger partial charge is 0.308 e.